The lowest BCUT2D eigenvalue weighted by atomic mass is 10.3. The summed E-state index contributed by atoms with van der Waals surface area (Å²) in [4.78, 5) is 0. The molecule has 1 rings (SSSR count). The summed E-state index contributed by atoms with van der Waals surface area (Å²) in [5, 5.41) is 1.16. The Morgan fingerprint density at radius 1 is 0.944 bits per heavy atom. The third-order valence-corrected chi connectivity index (χ3v) is 7.86. The molecule has 18 heavy (non-hydrogen) atoms. The number of benzene rings is 1. The molecule has 8 heteroatoms. The lowest BCUT2D eigenvalue weighted by Crippen LogP contribution is -2.24. The van der Waals surface area contributed by atoms with Crippen LogP contribution in [0.15, 0.2) is 12.1 Å². The monoisotopic (exact) mass is 346 g/mol. The molecule has 0 spiro atoms. The summed E-state index contributed by atoms with van der Waals surface area (Å²) in [6, 6.07) is 3.13. The highest BCUT2D eigenvalue weighted by atomic mass is 35.5. The minimum atomic E-state index is -2.33. The molecule has 0 aliphatic heterocycles. The molecule has 1 aromatic rings. The Balaban J connectivity index is 3.18. The van der Waals surface area contributed by atoms with Gasteiger partial charge in [0.25, 0.3) is 6.57 Å². The van der Waals surface area contributed by atoms with Gasteiger partial charge in [0.1, 0.15) is 5.75 Å². The van der Waals surface area contributed by atoms with Crippen molar-refractivity contribution < 1.29 is 4.52 Å². The van der Waals surface area contributed by atoms with Crippen molar-refractivity contribution in [2.45, 2.75) is 0 Å². The predicted molar refractivity (Wildman–Crippen MR) is 83.8 cm³/mol. The molecule has 1 aromatic carbocycles. The second kappa shape index (κ2) is 6.27. The second-order valence-electron chi connectivity index (χ2n) is 3.97. The molecule has 0 N–H and O–H groups in total. The Hall–Kier alpha value is 0.460. The van der Waals surface area contributed by atoms with Gasteiger partial charge in [0.15, 0.2) is 0 Å². The van der Waals surface area contributed by atoms with Crippen LogP contribution in [0.3, 0.4) is 0 Å². The van der Waals surface area contributed by atoms with Crippen LogP contribution in [0, 0.1) is 0 Å². The maximum atomic E-state index is 6.08. The fourth-order valence-electron chi connectivity index (χ4n) is 1.22. The van der Waals surface area contributed by atoms with Gasteiger partial charge in [-0.15, -0.1) is 0 Å². The van der Waals surface area contributed by atoms with E-state index < -0.39 is 6.57 Å². The van der Waals surface area contributed by atoms with E-state index in [4.69, 9.17) is 51.1 Å². The average Bonchev–Trinajstić information content (AvgIpc) is 2.25. The molecule has 0 saturated heterocycles. The molecule has 0 heterocycles. The van der Waals surface area contributed by atoms with Gasteiger partial charge in [-0.1, -0.05) is 34.8 Å². The zero-order chi connectivity index (χ0) is 14.1. The molecular formula is C10H14Cl3N2OPS. The molecule has 0 amide bonds. The Morgan fingerprint density at radius 2 is 1.39 bits per heavy atom. The summed E-state index contributed by atoms with van der Waals surface area (Å²) in [7, 11) is 7.47. The van der Waals surface area contributed by atoms with Crippen molar-refractivity contribution in [2.24, 2.45) is 0 Å². The first kappa shape index (κ1) is 16.5. The first-order valence-corrected chi connectivity index (χ1v) is 8.74. The predicted octanol–water partition coefficient (Wildman–Crippen LogP) is 4.37. The minimum absolute atomic E-state index is 0.384. The van der Waals surface area contributed by atoms with Crippen molar-refractivity contribution >= 4 is 53.2 Å². The molecule has 0 aliphatic carbocycles. The fourth-order valence-corrected chi connectivity index (χ4v) is 3.54. The third kappa shape index (κ3) is 3.51. The number of hydrogen-bond donors (Lipinski definition) is 0. The molecule has 0 bridgehead atoms. The SMILES string of the molecule is CN(C)P(=S)(Oc1cc(Cl)c(Cl)cc1Cl)N(C)C. The first-order valence-electron chi connectivity index (χ1n) is 4.98. The highest BCUT2D eigenvalue weighted by Crippen LogP contribution is 2.52. The van der Waals surface area contributed by atoms with E-state index in [9.17, 15) is 0 Å². The van der Waals surface area contributed by atoms with Gasteiger partial charge in [-0.2, -0.15) is 0 Å². The number of hydrogen-bond acceptors (Lipinski definition) is 2. The summed E-state index contributed by atoms with van der Waals surface area (Å²) in [6.45, 7) is -2.33. The Morgan fingerprint density at radius 3 is 1.83 bits per heavy atom. The first-order chi connectivity index (χ1) is 8.18. The zero-order valence-corrected chi connectivity index (χ0v) is 14.4. The van der Waals surface area contributed by atoms with Gasteiger partial charge in [-0.05, 0) is 46.1 Å². The van der Waals surface area contributed by atoms with Crippen molar-refractivity contribution in [3.05, 3.63) is 27.2 Å². The van der Waals surface area contributed by atoms with Crippen molar-refractivity contribution in [3.63, 3.8) is 0 Å². The van der Waals surface area contributed by atoms with E-state index in [1.54, 1.807) is 12.1 Å². The molecule has 0 saturated carbocycles. The van der Waals surface area contributed by atoms with E-state index in [0.29, 0.717) is 20.8 Å². The number of rotatable bonds is 4. The van der Waals surface area contributed by atoms with E-state index in [1.807, 2.05) is 37.5 Å². The minimum Gasteiger partial charge on any atom is -0.439 e. The highest BCUT2D eigenvalue weighted by Gasteiger charge is 2.26. The summed E-state index contributed by atoms with van der Waals surface area (Å²) in [5.41, 5.74) is 0. The highest BCUT2D eigenvalue weighted by molar-refractivity contribution is 8.10. The van der Waals surface area contributed by atoms with Gasteiger partial charge in [-0.25, -0.2) is 9.34 Å². The smallest absolute Gasteiger partial charge is 0.252 e. The molecule has 0 unspecified atom stereocenters. The zero-order valence-electron chi connectivity index (χ0n) is 10.4. The maximum Gasteiger partial charge on any atom is 0.252 e. The van der Waals surface area contributed by atoms with Crippen LogP contribution in [0.5, 0.6) is 5.75 Å². The quantitative estimate of drug-likeness (QED) is 0.593. The van der Waals surface area contributed by atoms with Crippen LogP contribution in [-0.4, -0.2) is 37.5 Å². The van der Waals surface area contributed by atoms with Gasteiger partial charge in [-0.3, -0.25) is 0 Å². The van der Waals surface area contributed by atoms with E-state index in [2.05, 4.69) is 0 Å². The fraction of sp³-hybridized carbons (Fsp3) is 0.400. The molecule has 0 fully saturated rings. The number of halogens is 3. The van der Waals surface area contributed by atoms with Crippen LogP contribution in [0.2, 0.25) is 15.1 Å². The topological polar surface area (TPSA) is 15.7 Å². The Kier molecular flexibility index (Phi) is 5.76. The van der Waals surface area contributed by atoms with Gasteiger partial charge < -0.3 is 4.52 Å². The third-order valence-electron chi connectivity index (χ3n) is 2.20. The normalized spacial score (nSPS) is 12.3. The van der Waals surface area contributed by atoms with Gasteiger partial charge in [0.05, 0.1) is 15.1 Å². The van der Waals surface area contributed by atoms with Gasteiger partial charge in [0, 0.05) is 6.07 Å². The average molecular weight is 348 g/mol. The van der Waals surface area contributed by atoms with Crippen molar-refractivity contribution in [3.8, 4) is 5.75 Å². The van der Waals surface area contributed by atoms with E-state index in [0.717, 1.165) is 0 Å². The van der Waals surface area contributed by atoms with Gasteiger partial charge >= 0.3 is 0 Å². The van der Waals surface area contributed by atoms with Crippen molar-refractivity contribution in [1.29, 1.82) is 0 Å². The Bertz CT molecular complexity index is 484. The van der Waals surface area contributed by atoms with E-state index in [1.165, 1.54) is 0 Å². The standard InChI is InChI=1S/C10H14Cl3N2OPS/c1-14(2)17(18,15(3)4)16-10-6-8(12)7(11)5-9(10)13/h5-6H,1-4H3. The molecule has 102 valence electrons. The van der Waals surface area contributed by atoms with Crippen LogP contribution in [0.4, 0.5) is 0 Å². The van der Waals surface area contributed by atoms with E-state index >= 15 is 0 Å². The Labute approximate surface area is 128 Å². The molecular weight excluding hydrogens is 334 g/mol. The molecule has 0 radical (unpaired) electrons. The van der Waals surface area contributed by atoms with Crippen LogP contribution in [-0.2, 0) is 11.8 Å². The summed E-state index contributed by atoms with van der Waals surface area (Å²) >= 11 is 23.5. The van der Waals surface area contributed by atoms with Crippen LogP contribution in [0.1, 0.15) is 0 Å². The summed E-state index contributed by atoms with van der Waals surface area (Å²) in [5.74, 6) is 0.441. The van der Waals surface area contributed by atoms with E-state index in [-0.39, 0.29) is 0 Å². The van der Waals surface area contributed by atoms with Crippen LogP contribution < -0.4 is 4.52 Å². The van der Waals surface area contributed by atoms with Crippen molar-refractivity contribution in [2.75, 3.05) is 28.2 Å². The second-order valence-corrected chi connectivity index (χ2v) is 9.39. The summed E-state index contributed by atoms with van der Waals surface area (Å²) in [6.07, 6.45) is 0. The summed E-state index contributed by atoms with van der Waals surface area (Å²) < 4.78 is 9.62. The van der Waals surface area contributed by atoms with Crippen molar-refractivity contribution in [1.82, 2.24) is 9.34 Å². The van der Waals surface area contributed by atoms with Crippen LogP contribution in [0.25, 0.3) is 0 Å². The largest absolute Gasteiger partial charge is 0.439 e. The maximum absolute atomic E-state index is 6.08. The molecule has 0 atom stereocenters. The van der Waals surface area contributed by atoms with Gasteiger partial charge in [0.2, 0.25) is 0 Å². The van der Waals surface area contributed by atoms with Crippen LogP contribution >= 0.6 is 41.4 Å². The molecule has 0 aliphatic rings. The molecule has 0 aromatic heterocycles. The number of nitrogens with zero attached hydrogens (tertiary/aromatic N) is 2. The molecule has 3 nitrogen and oxygen atoms in total. The lowest BCUT2D eigenvalue weighted by Gasteiger charge is -2.34. The lowest BCUT2D eigenvalue weighted by molar-refractivity contribution is 0.449.